The number of hydrogen-bond donors (Lipinski definition) is 0. The Morgan fingerprint density at radius 2 is 2.17 bits per heavy atom. The summed E-state index contributed by atoms with van der Waals surface area (Å²) in [5.41, 5.74) is 0. The van der Waals surface area contributed by atoms with E-state index in [1.807, 2.05) is 0 Å². The molecule has 0 saturated heterocycles. The quantitative estimate of drug-likeness (QED) is 0.358. The van der Waals surface area contributed by atoms with E-state index in [4.69, 9.17) is 9.90 Å². The normalized spacial score (nSPS) is 12.6. The topological polar surface area (TPSA) is 69.6 Å². The number of carbonyl (C=O) groups is 2. The van der Waals surface area contributed by atoms with Crippen LogP contribution in [-0.2, 0) is 9.59 Å². The number of allylic oxidation sites excluding steroid dienone is 1. The van der Waals surface area contributed by atoms with E-state index in [1.165, 1.54) is 12.3 Å². The fourth-order valence-corrected chi connectivity index (χ4v) is 0.398. The third-order valence-corrected chi connectivity index (χ3v) is 0.744. The number of rotatable bonds is 0. The zero-order valence-corrected chi connectivity index (χ0v) is 9.11. The monoisotopic (exact) mass is 177 g/mol. The van der Waals surface area contributed by atoms with Crippen LogP contribution in [0.25, 0.3) is 0 Å². The first-order chi connectivity index (χ1) is 5.13. The summed E-state index contributed by atoms with van der Waals surface area (Å²) < 4.78 is 0. The fourth-order valence-electron chi connectivity index (χ4n) is 0.398. The van der Waals surface area contributed by atoms with Crippen LogP contribution in [0.1, 0.15) is 13.3 Å². The largest absolute Gasteiger partial charge is 1.00 e. The van der Waals surface area contributed by atoms with Crippen molar-refractivity contribution in [2.75, 3.05) is 0 Å². The Balaban J connectivity index is 0. The van der Waals surface area contributed by atoms with Gasteiger partial charge in [-0.25, -0.2) is 0 Å². The van der Waals surface area contributed by atoms with Gasteiger partial charge in [-0.2, -0.15) is 0 Å². The second-order valence-corrected chi connectivity index (χ2v) is 1.81. The van der Waals surface area contributed by atoms with Crippen molar-refractivity contribution in [1.82, 2.24) is 0 Å². The zero-order valence-electron chi connectivity index (χ0n) is 7.11. The SMILES string of the molecule is CC(=O)[O-].O=C1C=CN=CC1.[Na+]. The van der Waals surface area contributed by atoms with Crippen LogP contribution < -0.4 is 34.7 Å². The Morgan fingerprint density at radius 1 is 1.67 bits per heavy atom. The maximum absolute atomic E-state index is 10.3. The first kappa shape index (κ1) is 14.1. The van der Waals surface area contributed by atoms with Gasteiger partial charge >= 0.3 is 29.6 Å². The molecule has 0 fully saturated rings. The molecule has 0 aliphatic carbocycles. The average Bonchev–Trinajstić information content (AvgIpc) is 1.87. The van der Waals surface area contributed by atoms with Gasteiger partial charge in [-0.3, -0.25) is 9.79 Å². The number of carboxylic acid groups (broad SMARTS) is 1. The van der Waals surface area contributed by atoms with Crippen LogP contribution in [0.2, 0.25) is 0 Å². The predicted molar refractivity (Wildman–Crippen MR) is 37.9 cm³/mol. The molecular formula is C7H8NNaO3. The molecule has 0 atom stereocenters. The molecule has 0 amide bonds. The molecule has 0 bridgehead atoms. The van der Waals surface area contributed by atoms with Gasteiger partial charge in [-0.15, -0.1) is 0 Å². The summed E-state index contributed by atoms with van der Waals surface area (Å²) in [5.74, 6) is -0.949. The number of ketones is 1. The van der Waals surface area contributed by atoms with Crippen molar-refractivity contribution < 1.29 is 44.3 Å². The molecule has 0 aromatic carbocycles. The van der Waals surface area contributed by atoms with Gasteiger partial charge in [0.25, 0.3) is 0 Å². The third-order valence-electron chi connectivity index (χ3n) is 0.744. The van der Waals surface area contributed by atoms with E-state index in [0.29, 0.717) is 6.42 Å². The van der Waals surface area contributed by atoms with Crippen molar-refractivity contribution in [3.63, 3.8) is 0 Å². The second-order valence-electron chi connectivity index (χ2n) is 1.81. The molecule has 1 aliphatic heterocycles. The summed E-state index contributed by atoms with van der Waals surface area (Å²) >= 11 is 0. The summed E-state index contributed by atoms with van der Waals surface area (Å²) in [6, 6.07) is 0. The Labute approximate surface area is 92.7 Å². The van der Waals surface area contributed by atoms with E-state index in [-0.39, 0.29) is 35.3 Å². The van der Waals surface area contributed by atoms with Crippen LogP contribution in [-0.4, -0.2) is 18.0 Å². The smallest absolute Gasteiger partial charge is 0.550 e. The van der Waals surface area contributed by atoms with E-state index in [9.17, 15) is 4.79 Å². The Hall–Kier alpha value is -0.450. The van der Waals surface area contributed by atoms with Gasteiger partial charge in [-0.1, -0.05) is 0 Å². The summed E-state index contributed by atoms with van der Waals surface area (Å²) in [6.07, 6.45) is 5.05. The summed E-state index contributed by atoms with van der Waals surface area (Å²) in [7, 11) is 0. The van der Waals surface area contributed by atoms with Gasteiger partial charge in [-0.05, 0) is 13.0 Å². The van der Waals surface area contributed by atoms with Gasteiger partial charge in [0.05, 0.1) is 0 Å². The van der Waals surface area contributed by atoms with Crippen LogP contribution in [0, 0.1) is 0 Å². The number of carbonyl (C=O) groups excluding carboxylic acids is 2. The maximum Gasteiger partial charge on any atom is 1.00 e. The van der Waals surface area contributed by atoms with Crippen molar-refractivity contribution in [3.8, 4) is 0 Å². The Kier molecular flexibility index (Phi) is 10.2. The molecule has 0 aromatic heterocycles. The molecule has 1 rings (SSSR count). The van der Waals surface area contributed by atoms with E-state index in [1.54, 1.807) is 6.21 Å². The van der Waals surface area contributed by atoms with Gasteiger partial charge in [0.15, 0.2) is 5.78 Å². The van der Waals surface area contributed by atoms with Crippen molar-refractivity contribution in [2.45, 2.75) is 13.3 Å². The van der Waals surface area contributed by atoms with Crippen molar-refractivity contribution in [1.29, 1.82) is 0 Å². The van der Waals surface area contributed by atoms with E-state index in [2.05, 4.69) is 4.99 Å². The van der Waals surface area contributed by atoms with Crippen LogP contribution >= 0.6 is 0 Å². The molecule has 0 N–H and O–H groups in total. The summed E-state index contributed by atoms with van der Waals surface area (Å²) in [5, 5.41) is 8.89. The van der Waals surface area contributed by atoms with Crippen LogP contribution in [0.4, 0.5) is 0 Å². The summed E-state index contributed by atoms with van der Waals surface area (Å²) in [6.45, 7) is 0.972. The van der Waals surface area contributed by atoms with Gasteiger partial charge in [0, 0.05) is 24.8 Å². The van der Waals surface area contributed by atoms with Crippen molar-refractivity contribution >= 4 is 18.0 Å². The number of nitrogens with zero attached hydrogens (tertiary/aromatic N) is 1. The van der Waals surface area contributed by atoms with E-state index in [0.717, 1.165) is 6.92 Å². The number of aliphatic imine (C=N–C) groups is 1. The molecule has 0 aromatic rings. The molecule has 60 valence electrons. The molecule has 1 aliphatic rings. The first-order valence-corrected chi connectivity index (χ1v) is 3.01. The third kappa shape index (κ3) is 12.2. The predicted octanol–water partition coefficient (Wildman–Crippen LogP) is -3.70. The minimum Gasteiger partial charge on any atom is -0.550 e. The molecule has 4 nitrogen and oxygen atoms in total. The van der Waals surface area contributed by atoms with Crippen molar-refractivity contribution in [3.05, 3.63) is 12.3 Å². The molecule has 0 saturated carbocycles. The Morgan fingerprint density at radius 3 is 2.33 bits per heavy atom. The fraction of sp³-hybridized carbons (Fsp3) is 0.286. The maximum atomic E-state index is 10.3. The minimum absolute atomic E-state index is 0. The number of aliphatic carboxylic acids is 1. The number of hydrogen-bond acceptors (Lipinski definition) is 4. The molecule has 0 spiro atoms. The van der Waals surface area contributed by atoms with Gasteiger partial charge in [0.1, 0.15) is 0 Å². The van der Waals surface area contributed by atoms with E-state index >= 15 is 0 Å². The molecule has 0 unspecified atom stereocenters. The second kappa shape index (κ2) is 8.64. The van der Waals surface area contributed by atoms with Gasteiger partial charge < -0.3 is 9.90 Å². The van der Waals surface area contributed by atoms with Crippen molar-refractivity contribution in [2.24, 2.45) is 4.99 Å². The van der Waals surface area contributed by atoms with Gasteiger partial charge in [0.2, 0.25) is 0 Å². The first-order valence-electron chi connectivity index (χ1n) is 3.01. The van der Waals surface area contributed by atoms with E-state index < -0.39 is 5.97 Å². The molecule has 0 radical (unpaired) electrons. The average molecular weight is 177 g/mol. The molecule has 1 heterocycles. The van der Waals surface area contributed by atoms with Crippen LogP contribution in [0.5, 0.6) is 0 Å². The van der Waals surface area contributed by atoms with Crippen LogP contribution in [0.15, 0.2) is 17.3 Å². The molecule has 5 heteroatoms. The molecule has 12 heavy (non-hydrogen) atoms. The Bertz CT molecular complexity index is 207. The summed E-state index contributed by atoms with van der Waals surface area (Å²) in [4.78, 5) is 22.9. The standard InChI is InChI=1S/C5H5NO.C2H4O2.Na/c7-5-1-3-6-4-2-5;1-2(3)4;/h1,3-4H,2H2;1H3,(H,3,4);/q;;+1/p-1. The zero-order chi connectivity index (χ0) is 8.69. The number of carboxylic acids is 1. The molecular weight excluding hydrogens is 169 g/mol. The van der Waals surface area contributed by atoms with Crippen LogP contribution in [0.3, 0.4) is 0 Å². The minimum atomic E-state index is -1.08.